The van der Waals surface area contributed by atoms with Gasteiger partial charge in [0.1, 0.15) is 5.69 Å². The fraction of sp³-hybridized carbons (Fsp3) is 0.0833. The zero-order chi connectivity index (χ0) is 24.7. The Morgan fingerprint density at radius 2 is 1.71 bits per heavy atom. The van der Waals surface area contributed by atoms with Gasteiger partial charge in [0, 0.05) is 22.2 Å². The molecule has 0 atom stereocenters. The molecule has 34 heavy (non-hydrogen) atoms. The monoisotopic (exact) mass is 480 g/mol. The molecule has 0 spiro atoms. The summed E-state index contributed by atoms with van der Waals surface area (Å²) in [5.74, 6) is -4.21. The van der Waals surface area contributed by atoms with Gasteiger partial charge in [0.05, 0.1) is 29.1 Å². The number of fused-ring (bicyclic) bond motifs is 1. The number of amides is 1. The minimum absolute atomic E-state index is 0.0402. The summed E-state index contributed by atoms with van der Waals surface area (Å²) in [5, 5.41) is 9.62. The van der Waals surface area contributed by atoms with Crippen LogP contribution < -0.4 is 10.5 Å². The number of nitrogens with zero attached hydrogens (tertiary/aromatic N) is 2. The van der Waals surface area contributed by atoms with Gasteiger partial charge in [-0.15, -0.1) is 0 Å². The van der Waals surface area contributed by atoms with Crippen molar-refractivity contribution >= 4 is 32.5 Å². The van der Waals surface area contributed by atoms with Crippen LogP contribution in [0.4, 0.5) is 14.5 Å². The Bertz CT molecular complexity index is 1590. The molecule has 3 aromatic carbocycles. The van der Waals surface area contributed by atoms with Crippen molar-refractivity contribution in [3.63, 3.8) is 0 Å². The summed E-state index contributed by atoms with van der Waals surface area (Å²) in [6, 6.07) is 18.5. The van der Waals surface area contributed by atoms with E-state index >= 15 is 8.78 Å². The third-order valence-corrected chi connectivity index (χ3v) is 5.79. The van der Waals surface area contributed by atoms with Gasteiger partial charge in [0.15, 0.2) is 0 Å². The predicted octanol–water partition coefficient (Wildman–Crippen LogP) is 4.11. The molecule has 1 amide bonds. The highest BCUT2D eigenvalue weighted by Gasteiger charge is 2.34. The van der Waals surface area contributed by atoms with Gasteiger partial charge in [-0.05, 0) is 42.5 Å². The Morgan fingerprint density at radius 1 is 1.03 bits per heavy atom. The maximum Gasteiger partial charge on any atom is 0.298 e. The Morgan fingerprint density at radius 3 is 2.35 bits per heavy atom. The molecule has 0 radical (unpaired) electrons. The summed E-state index contributed by atoms with van der Waals surface area (Å²) in [6.45, 7) is 0. The number of primary amides is 1. The third-order valence-electron chi connectivity index (χ3n) is 5.18. The van der Waals surface area contributed by atoms with E-state index in [4.69, 9.17) is 11.0 Å². The van der Waals surface area contributed by atoms with Gasteiger partial charge in [-0.25, -0.2) is 8.42 Å². The van der Waals surface area contributed by atoms with Crippen molar-refractivity contribution in [1.29, 1.82) is 5.26 Å². The number of sulfonamides is 1. The number of benzene rings is 3. The van der Waals surface area contributed by atoms with Crippen LogP contribution in [0.2, 0.25) is 0 Å². The van der Waals surface area contributed by atoms with E-state index in [0.29, 0.717) is 10.9 Å². The first-order valence-electron chi connectivity index (χ1n) is 9.92. The van der Waals surface area contributed by atoms with Crippen molar-refractivity contribution in [1.82, 2.24) is 4.57 Å². The normalized spacial score (nSPS) is 11.8. The molecule has 172 valence electrons. The average molecular weight is 480 g/mol. The summed E-state index contributed by atoms with van der Waals surface area (Å²) in [6.07, 6.45) is 0.998. The van der Waals surface area contributed by atoms with Crippen LogP contribution in [-0.4, -0.2) is 25.1 Å². The van der Waals surface area contributed by atoms with Crippen LogP contribution >= 0.6 is 0 Å². The summed E-state index contributed by atoms with van der Waals surface area (Å²) in [7, 11) is -3.57. The molecule has 0 bridgehead atoms. The standard InChI is InChI=1S/C24H18F2N4O3S/c1-34(32,33)29-19-9-8-16-11-22(23(28)31)30(21(16)13-19)20-7-3-6-18(12-20)24(25,26)17-5-2-4-15(10-17)14-27/h2-13,29H,1H3,(H2,28,31). The van der Waals surface area contributed by atoms with E-state index in [1.807, 2.05) is 6.07 Å². The quantitative estimate of drug-likeness (QED) is 0.432. The number of alkyl halides is 2. The maximum absolute atomic E-state index is 15.4. The first kappa shape index (κ1) is 22.9. The summed E-state index contributed by atoms with van der Waals surface area (Å²) in [5.41, 5.74) is 5.85. The number of nitrogens with two attached hydrogens (primary N) is 1. The molecule has 3 N–H and O–H groups in total. The lowest BCUT2D eigenvalue weighted by Gasteiger charge is -2.19. The number of hydrogen-bond donors (Lipinski definition) is 2. The predicted molar refractivity (Wildman–Crippen MR) is 124 cm³/mol. The molecule has 1 aromatic heterocycles. The van der Waals surface area contributed by atoms with Crippen LogP contribution in [0.1, 0.15) is 27.2 Å². The van der Waals surface area contributed by atoms with E-state index in [0.717, 1.165) is 12.3 Å². The fourth-order valence-corrected chi connectivity index (χ4v) is 4.28. The molecular formula is C24H18F2N4O3S. The molecule has 4 rings (SSSR count). The number of halogens is 2. The first-order valence-corrected chi connectivity index (χ1v) is 11.8. The number of aromatic nitrogens is 1. The van der Waals surface area contributed by atoms with Gasteiger partial charge < -0.3 is 10.3 Å². The second-order valence-electron chi connectivity index (χ2n) is 7.69. The molecule has 4 aromatic rings. The molecular weight excluding hydrogens is 462 g/mol. The highest BCUT2D eigenvalue weighted by atomic mass is 32.2. The highest BCUT2D eigenvalue weighted by Crippen LogP contribution is 2.37. The van der Waals surface area contributed by atoms with Crippen LogP contribution in [0.5, 0.6) is 0 Å². The van der Waals surface area contributed by atoms with Crippen molar-refractivity contribution in [3.8, 4) is 11.8 Å². The average Bonchev–Trinajstić information content (AvgIpc) is 3.17. The lowest BCUT2D eigenvalue weighted by molar-refractivity contribution is 0.0428. The first-order chi connectivity index (χ1) is 16.0. The topological polar surface area (TPSA) is 118 Å². The Balaban J connectivity index is 1.90. The van der Waals surface area contributed by atoms with Crippen molar-refractivity contribution in [2.75, 3.05) is 11.0 Å². The molecule has 10 heteroatoms. The number of hydrogen-bond acceptors (Lipinski definition) is 4. The van der Waals surface area contributed by atoms with E-state index in [1.54, 1.807) is 6.07 Å². The molecule has 0 fully saturated rings. The highest BCUT2D eigenvalue weighted by molar-refractivity contribution is 7.92. The SMILES string of the molecule is CS(=O)(=O)Nc1ccc2cc(C(N)=O)n(-c3cccc(C(F)(F)c4cccc(C#N)c4)c3)c2c1. The Hall–Kier alpha value is -4.23. The van der Waals surface area contributed by atoms with Crippen molar-refractivity contribution in [2.24, 2.45) is 5.73 Å². The lowest BCUT2D eigenvalue weighted by atomic mass is 9.98. The van der Waals surface area contributed by atoms with Gasteiger partial charge in [-0.1, -0.05) is 30.3 Å². The van der Waals surface area contributed by atoms with E-state index in [2.05, 4.69) is 4.72 Å². The smallest absolute Gasteiger partial charge is 0.298 e. The second kappa shape index (κ2) is 8.28. The molecule has 0 saturated carbocycles. The minimum Gasteiger partial charge on any atom is -0.364 e. The van der Waals surface area contributed by atoms with Crippen LogP contribution in [-0.2, 0) is 15.9 Å². The Labute approximate surface area is 194 Å². The van der Waals surface area contributed by atoms with E-state index in [1.165, 1.54) is 65.2 Å². The number of nitriles is 1. The summed E-state index contributed by atoms with van der Waals surface area (Å²) < 4.78 is 57.8. The van der Waals surface area contributed by atoms with Crippen molar-refractivity contribution in [2.45, 2.75) is 5.92 Å². The number of rotatable bonds is 6. The zero-order valence-corrected chi connectivity index (χ0v) is 18.6. The second-order valence-corrected chi connectivity index (χ2v) is 9.44. The summed E-state index contributed by atoms with van der Waals surface area (Å²) in [4.78, 5) is 12.2. The molecule has 0 aliphatic carbocycles. The number of nitrogens with one attached hydrogen (secondary N) is 1. The van der Waals surface area contributed by atoms with Crippen LogP contribution in [0, 0.1) is 11.3 Å². The minimum atomic E-state index is -3.57. The van der Waals surface area contributed by atoms with Gasteiger partial charge >= 0.3 is 0 Å². The van der Waals surface area contributed by atoms with E-state index < -0.39 is 21.9 Å². The van der Waals surface area contributed by atoms with Crippen LogP contribution in [0.3, 0.4) is 0 Å². The molecule has 1 heterocycles. The van der Waals surface area contributed by atoms with E-state index in [-0.39, 0.29) is 33.8 Å². The molecule has 0 saturated heterocycles. The van der Waals surface area contributed by atoms with Crippen molar-refractivity contribution < 1.29 is 22.0 Å². The van der Waals surface area contributed by atoms with E-state index in [9.17, 15) is 13.2 Å². The van der Waals surface area contributed by atoms with Crippen LogP contribution in [0.25, 0.3) is 16.6 Å². The van der Waals surface area contributed by atoms with Gasteiger partial charge in [-0.2, -0.15) is 14.0 Å². The zero-order valence-electron chi connectivity index (χ0n) is 17.8. The molecule has 7 nitrogen and oxygen atoms in total. The maximum atomic E-state index is 15.4. The Kier molecular flexibility index (Phi) is 5.59. The molecule has 0 aliphatic rings. The van der Waals surface area contributed by atoms with Gasteiger partial charge in [-0.3, -0.25) is 9.52 Å². The lowest BCUT2D eigenvalue weighted by Crippen LogP contribution is -2.18. The van der Waals surface area contributed by atoms with Gasteiger partial charge in [0.2, 0.25) is 10.0 Å². The number of carbonyl (C=O) groups excluding carboxylic acids is 1. The van der Waals surface area contributed by atoms with Gasteiger partial charge in [0.25, 0.3) is 11.8 Å². The number of anilines is 1. The number of carbonyl (C=O) groups is 1. The molecule has 0 aliphatic heterocycles. The molecule has 0 unspecified atom stereocenters. The third kappa shape index (κ3) is 4.33. The van der Waals surface area contributed by atoms with Crippen LogP contribution in [0.15, 0.2) is 72.8 Å². The largest absolute Gasteiger partial charge is 0.364 e. The summed E-state index contributed by atoms with van der Waals surface area (Å²) >= 11 is 0. The van der Waals surface area contributed by atoms with Crippen molar-refractivity contribution in [3.05, 3.63) is 95.2 Å². The fourth-order valence-electron chi connectivity index (χ4n) is 3.73.